The second kappa shape index (κ2) is 4.13. The van der Waals surface area contributed by atoms with Crippen LogP contribution in [-0.4, -0.2) is 16.0 Å². The Bertz CT molecular complexity index is 306. The smallest absolute Gasteiger partial charge is 0.171 e. The lowest BCUT2D eigenvalue weighted by Crippen LogP contribution is -2.31. The van der Waals surface area contributed by atoms with E-state index in [0.29, 0.717) is 11.0 Å². The molecule has 14 heavy (non-hydrogen) atoms. The molecule has 1 aromatic heterocycles. The second-order valence-corrected chi connectivity index (χ2v) is 4.79. The molecule has 0 amide bonds. The van der Waals surface area contributed by atoms with Crippen molar-refractivity contribution in [2.24, 2.45) is 5.41 Å². The molecule has 1 rings (SSSR count). The van der Waals surface area contributed by atoms with Gasteiger partial charge < -0.3 is 5.32 Å². The molecule has 78 valence electrons. The van der Waals surface area contributed by atoms with Crippen molar-refractivity contribution in [1.29, 1.82) is 0 Å². The largest absolute Gasteiger partial charge is 0.365 e. The fraction of sp³-hybridized carbons (Fsp3) is 0.600. The predicted molar refractivity (Wildman–Crippen MR) is 59.6 cm³/mol. The van der Waals surface area contributed by atoms with E-state index in [1.807, 2.05) is 0 Å². The van der Waals surface area contributed by atoms with Crippen molar-refractivity contribution in [3.8, 4) is 0 Å². The molecule has 0 aliphatic rings. The molecule has 0 aliphatic carbocycles. The highest BCUT2D eigenvalue weighted by molar-refractivity contribution is 6.31. The van der Waals surface area contributed by atoms with Crippen molar-refractivity contribution in [3.05, 3.63) is 17.5 Å². The number of nitrogens with zero attached hydrogens (tertiary/aromatic N) is 2. The lowest BCUT2D eigenvalue weighted by Gasteiger charge is -2.28. The zero-order chi connectivity index (χ0) is 10.8. The van der Waals surface area contributed by atoms with E-state index < -0.39 is 0 Å². The first-order chi connectivity index (χ1) is 6.41. The Morgan fingerprint density at radius 2 is 1.86 bits per heavy atom. The Hall–Kier alpha value is -0.830. The Balaban J connectivity index is 2.75. The monoisotopic (exact) mass is 213 g/mol. The minimum Gasteiger partial charge on any atom is -0.365 e. The topological polar surface area (TPSA) is 37.8 Å². The van der Waals surface area contributed by atoms with E-state index in [4.69, 9.17) is 11.6 Å². The highest BCUT2D eigenvalue weighted by Crippen LogP contribution is 2.24. The highest BCUT2D eigenvalue weighted by atomic mass is 35.5. The molecule has 0 aliphatic heterocycles. The first-order valence-corrected chi connectivity index (χ1v) is 5.02. The number of halogens is 1. The summed E-state index contributed by atoms with van der Waals surface area (Å²) in [4.78, 5) is 8.08. The van der Waals surface area contributed by atoms with Gasteiger partial charge in [-0.05, 0) is 12.3 Å². The number of nitrogens with one attached hydrogen (secondary N) is 1. The normalized spacial score (nSPS) is 13.8. The van der Waals surface area contributed by atoms with Gasteiger partial charge in [0, 0.05) is 18.4 Å². The molecule has 0 bridgehead atoms. The third-order valence-corrected chi connectivity index (χ3v) is 2.58. The van der Waals surface area contributed by atoms with Crippen LogP contribution in [-0.2, 0) is 0 Å². The summed E-state index contributed by atoms with van der Waals surface area (Å²) in [5, 5.41) is 3.66. The minimum absolute atomic E-state index is 0.168. The number of anilines is 1. The van der Waals surface area contributed by atoms with Crippen LogP contribution in [0.4, 0.5) is 5.82 Å². The van der Waals surface area contributed by atoms with E-state index in [1.54, 1.807) is 12.4 Å². The first kappa shape index (κ1) is 11.2. The van der Waals surface area contributed by atoms with Crippen LogP contribution in [0, 0.1) is 5.41 Å². The SMILES string of the molecule is CC(Nc1nccnc1Cl)C(C)(C)C. The van der Waals surface area contributed by atoms with Crippen molar-refractivity contribution in [2.45, 2.75) is 33.7 Å². The molecule has 0 saturated heterocycles. The van der Waals surface area contributed by atoms with Crippen molar-refractivity contribution in [1.82, 2.24) is 9.97 Å². The number of rotatable bonds is 2. The molecule has 1 unspecified atom stereocenters. The zero-order valence-corrected chi connectivity index (χ0v) is 9.76. The van der Waals surface area contributed by atoms with Crippen molar-refractivity contribution in [2.75, 3.05) is 5.32 Å². The molecule has 0 spiro atoms. The molecule has 1 atom stereocenters. The van der Waals surface area contributed by atoms with Gasteiger partial charge in [-0.25, -0.2) is 9.97 Å². The lowest BCUT2D eigenvalue weighted by atomic mass is 9.88. The number of hydrogen-bond acceptors (Lipinski definition) is 3. The Kier molecular flexibility index (Phi) is 3.32. The van der Waals surface area contributed by atoms with Gasteiger partial charge in [0.15, 0.2) is 11.0 Å². The van der Waals surface area contributed by atoms with E-state index in [9.17, 15) is 0 Å². The molecule has 4 heteroatoms. The second-order valence-electron chi connectivity index (χ2n) is 4.43. The van der Waals surface area contributed by atoms with Crippen LogP contribution in [0.5, 0.6) is 0 Å². The summed E-state index contributed by atoms with van der Waals surface area (Å²) in [5.41, 5.74) is 0.168. The Morgan fingerprint density at radius 3 is 2.36 bits per heavy atom. The van der Waals surface area contributed by atoms with Gasteiger partial charge in [-0.1, -0.05) is 32.4 Å². The van der Waals surface area contributed by atoms with E-state index in [-0.39, 0.29) is 11.5 Å². The van der Waals surface area contributed by atoms with Gasteiger partial charge in [-0.15, -0.1) is 0 Å². The van der Waals surface area contributed by atoms with Crippen LogP contribution in [0.3, 0.4) is 0 Å². The highest BCUT2D eigenvalue weighted by Gasteiger charge is 2.20. The summed E-state index contributed by atoms with van der Waals surface area (Å²) in [6.07, 6.45) is 3.21. The summed E-state index contributed by atoms with van der Waals surface area (Å²) in [6, 6.07) is 0.289. The maximum atomic E-state index is 5.88. The Morgan fingerprint density at radius 1 is 1.29 bits per heavy atom. The molecular formula is C10H16ClN3. The van der Waals surface area contributed by atoms with Crippen LogP contribution in [0.2, 0.25) is 5.15 Å². The standard InChI is InChI=1S/C10H16ClN3/c1-7(10(2,3)4)14-9-8(11)12-5-6-13-9/h5-7H,1-4H3,(H,13,14). The average Bonchev–Trinajstić information content (AvgIpc) is 2.07. The van der Waals surface area contributed by atoms with Crippen LogP contribution in [0.1, 0.15) is 27.7 Å². The molecule has 0 fully saturated rings. The summed E-state index contributed by atoms with van der Waals surface area (Å²) < 4.78 is 0. The summed E-state index contributed by atoms with van der Waals surface area (Å²) in [7, 11) is 0. The van der Waals surface area contributed by atoms with Gasteiger partial charge in [-0.3, -0.25) is 0 Å². The van der Waals surface area contributed by atoms with Crippen molar-refractivity contribution in [3.63, 3.8) is 0 Å². The van der Waals surface area contributed by atoms with Gasteiger partial charge in [0.1, 0.15) is 0 Å². The summed E-state index contributed by atoms with van der Waals surface area (Å²) in [5.74, 6) is 0.650. The van der Waals surface area contributed by atoms with Gasteiger partial charge in [0.2, 0.25) is 0 Å². The van der Waals surface area contributed by atoms with E-state index in [0.717, 1.165) is 0 Å². The maximum Gasteiger partial charge on any atom is 0.171 e. The van der Waals surface area contributed by atoms with E-state index in [1.165, 1.54) is 0 Å². The summed E-state index contributed by atoms with van der Waals surface area (Å²) >= 11 is 5.88. The van der Waals surface area contributed by atoms with Gasteiger partial charge in [-0.2, -0.15) is 0 Å². The lowest BCUT2D eigenvalue weighted by molar-refractivity contribution is 0.358. The minimum atomic E-state index is 0.168. The van der Waals surface area contributed by atoms with Gasteiger partial charge in [0.25, 0.3) is 0 Å². The average molecular weight is 214 g/mol. The molecular weight excluding hydrogens is 198 g/mol. The summed E-state index contributed by atoms with van der Waals surface area (Å²) in [6.45, 7) is 8.59. The molecule has 1 heterocycles. The number of aromatic nitrogens is 2. The fourth-order valence-corrected chi connectivity index (χ4v) is 0.999. The molecule has 0 aromatic carbocycles. The molecule has 0 radical (unpaired) electrons. The Labute approximate surface area is 89.9 Å². The van der Waals surface area contributed by atoms with Gasteiger partial charge >= 0.3 is 0 Å². The van der Waals surface area contributed by atoms with E-state index >= 15 is 0 Å². The van der Waals surface area contributed by atoms with Crippen LogP contribution in [0.25, 0.3) is 0 Å². The number of hydrogen-bond donors (Lipinski definition) is 1. The molecule has 1 N–H and O–H groups in total. The third-order valence-electron chi connectivity index (χ3n) is 2.31. The molecule has 0 saturated carbocycles. The quantitative estimate of drug-likeness (QED) is 0.821. The fourth-order valence-electron chi connectivity index (χ4n) is 0.839. The zero-order valence-electron chi connectivity index (χ0n) is 9.00. The predicted octanol–water partition coefficient (Wildman–Crippen LogP) is 2.98. The molecule has 3 nitrogen and oxygen atoms in total. The molecule has 1 aromatic rings. The van der Waals surface area contributed by atoms with E-state index in [2.05, 4.69) is 43.0 Å². The van der Waals surface area contributed by atoms with Crippen LogP contribution >= 0.6 is 11.6 Å². The van der Waals surface area contributed by atoms with Gasteiger partial charge in [0.05, 0.1) is 0 Å². The van der Waals surface area contributed by atoms with Crippen molar-refractivity contribution < 1.29 is 0 Å². The van der Waals surface area contributed by atoms with Crippen LogP contribution < -0.4 is 5.32 Å². The first-order valence-electron chi connectivity index (χ1n) is 4.64. The van der Waals surface area contributed by atoms with Crippen LogP contribution in [0.15, 0.2) is 12.4 Å². The third kappa shape index (κ3) is 2.84. The maximum absolute atomic E-state index is 5.88. The van der Waals surface area contributed by atoms with Crippen molar-refractivity contribution >= 4 is 17.4 Å².